The number of thiazole rings is 1. The van der Waals surface area contributed by atoms with Crippen LogP contribution in [0.3, 0.4) is 0 Å². The molecule has 0 amide bonds. The maximum Gasteiger partial charge on any atom is 0.133 e. The third-order valence-corrected chi connectivity index (χ3v) is 3.42. The van der Waals surface area contributed by atoms with Gasteiger partial charge >= 0.3 is 0 Å². The molecule has 1 aromatic carbocycles. The van der Waals surface area contributed by atoms with Crippen LogP contribution in [0.1, 0.15) is 5.69 Å². The van der Waals surface area contributed by atoms with E-state index in [1.54, 1.807) is 19.2 Å². The molecule has 0 radical (unpaired) electrons. The Kier molecular flexibility index (Phi) is 3.68. The molecule has 1 heterocycles. The van der Waals surface area contributed by atoms with Crippen molar-refractivity contribution in [3.05, 3.63) is 39.6 Å². The summed E-state index contributed by atoms with van der Waals surface area (Å²) in [6.07, 6.45) is 0. The van der Waals surface area contributed by atoms with E-state index in [1.165, 1.54) is 17.4 Å². The molecule has 0 saturated heterocycles. The van der Waals surface area contributed by atoms with Crippen molar-refractivity contribution >= 4 is 27.3 Å². The van der Waals surface area contributed by atoms with E-state index < -0.39 is 0 Å². The molecule has 1 aromatic heterocycles. The number of aromatic nitrogens is 1. The number of rotatable bonds is 3. The van der Waals surface area contributed by atoms with E-state index in [9.17, 15) is 4.39 Å². The van der Waals surface area contributed by atoms with Crippen molar-refractivity contribution in [1.82, 2.24) is 4.98 Å². The Bertz CT molecular complexity index is 500. The average Bonchev–Trinajstić information content (AvgIpc) is 2.71. The van der Waals surface area contributed by atoms with Crippen LogP contribution in [0.5, 0.6) is 0 Å². The zero-order chi connectivity index (χ0) is 11.5. The van der Waals surface area contributed by atoms with E-state index in [0.717, 1.165) is 10.2 Å². The molecular formula is C11H9BrFNOS. The maximum absolute atomic E-state index is 13.6. The van der Waals surface area contributed by atoms with Crippen molar-refractivity contribution in [2.24, 2.45) is 0 Å². The molecule has 0 unspecified atom stereocenters. The molecule has 2 nitrogen and oxygen atoms in total. The lowest BCUT2D eigenvalue weighted by Gasteiger charge is -1.99. The fourth-order valence-corrected chi connectivity index (χ4v) is 2.49. The highest BCUT2D eigenvalue weighted by molar-refractivity contribution is 9.10. The zero-order valence-corrected chi connectivity index (χ0v) is 10.9. The lowest BCUT2D eigenvalue weighted by atomic mass is 10.2. The molecule has 84 valence electrons. The van der Waals surface area contributed by atoms with Crippen molar-refractivity contribution in [2.75, 3.05) is 7.11 Å². The van der Waals surface area contributed by atoms with E-state index in [1.807, 2.05) is 5.38 Å². The number of hydrogen-bond donors (Lipinski definition) is 0. The van der Waals surface area contributed by atoms with Gasteiger partial charge in [-0.1, -0.05) is 15.9 Å². The quantitative estimate of drug-likeness (QED) is 0.859. The highest BCUT2D eigenvalue weighted by atomic mass is 79.9. The first-order valence-corrected chi connectivity index (χ1v) is 6.26. The fourth-order valence-electron chi connectivity index (χ4n) is 1.31. The Labute approximate surface area is 105 Å². The Morgan fingerprint density at radius 2 is 2.31 bits per heavy atom. The lowest BCUT2D eigenvalue weighted by Crippen LogP contribution is -1.88. The van der Waals surface area contributed by atoms with Crippen LogP contribution in [-0.4, -0.2) is 12.1 Å². The second-order valence-corrected chi connectivity index (χ2v) is 4.97. The van der Waals surface area contributed by atoms with E-state index in [0.29, 0.717) is 17.2 Å². The molecule has 0 N–H and O–H groups in total. The molecule has 0 atom stereocenters. The van der Waals surface area contributed by atoms with Gasteiger partial charge in [-0.15, -0.1) is 11.3 Å². The summed E-state index contributed by atoms with van der Waals surface area (Å²) in [5.74, 6) is -0.262. The molecule has 0 spiro atoms. The number of benzene rings is 1. The van der Waals surface area contributed by atoms with Crippen LogP contribution in [0.15, 0.2) is 28.1 Å². The first-order chi connectivity index (χ1) is 7.70. The Balaban J connectivity index is 2.38. The fraction of sp³-hybridized carbons (Fsp3) is 0.182. The van der Waals surface area contributed by atoms with E-state index >= 15 is 0 Å². The predicted molar refractivity (Wildman–Crippen MR) is 65.9 cm³/mol. The smallest absolute Gasteiger partial charge is 0.133 e. The number of nitrogens with zero attached hydrogens (tertiary/aromatic N) is 1. The summed E-state index contributed by atoms with van der Waals surface area (Å²) in [6.45, 7) is 0.451. The highest BCUT2D eigenvalue weighted by Gasteiger charge is 2.10. The van der Waals surface area contributed by atoms with Gasteiger partial charge in [-0.3, -0.25) is 0 Å². The van der Waals surface area contributed by atoms with Gasteiger partial charge in [0.05, 0.1) is 12.3 Å². The standard InChI is InChI=1S/C11H9BrFNOS/c1-15-5-8-6-16-11(14-8)9-4-7(12)2-3-10(9)13/h2-4,6H,5H2,1H3. The second kappa shape index (κ2) is 5.03. The van der Waals surface area contributed by atoms with Crippen LogP contribution in [0.2, 0.25) is 0 Å². The third-order valence-electron chi connectivity index (χ3n) is 2.00. The van der Waals surface area contributed by atoms with Crippen molar-refractivity contribution in [1.29, 1.82) is 0 Å². The second-order valence-electron chi connectivity index (χ2n) is 3.20. The van der Waals surface area contributed by atoms with Gasteiger partial charge in [0.1, 0.15) is 10.8 Å². The number of methoxy groups -OCH3 is 1. The van der Waals surface area contributed by atoms with E-state index in [-0.39, 0.29) is 5.82 Å². The van der Waals surface area contributed by atoms with Crippen LogP contribution in [-0.2, 0) is 11.3 Å². The Morgan fingerprint density at radius 1 is 1.50 bits per heavy atom. The van der Waals surface area contributed by atoms with Crippen molar-refractivity contribution in [2.45, 2.75) is 6.61 Å². The summed E-state index contributed by atoms with van der Waals surface area (Å²) in [7, 11) is 1.61. The van der Waals surface area contributed by atoms with Gasteiger partial charge < -0.3 is 4.74 Å². The van der Waals surface area contributed by atoms with Crippen LogP contribution in [0.25, 0.3) is 10.6 Å². The minimum atomic E-state index is -0.262. The highest BCUT2D eigenvalue weighted by Crippen LogP contribution is 2.28. The molecule has 16 heavy (non-hydrogen) atoms. The largest absolute Gasteiger partial charge is 0.378 e. The number of ether oxygens (including phenoxy) is 1. The van der Waals surface area contributed by atoms with Gasteiger partial charge in [0.25, 0.3) is 0 Å². The average molecular weight is 302 g/mol. The topological polar surface area (TPSA) is 22.1 Å². The summed E-state index contributed by atoms with van der Waals surface area (Å²) in [6, 6.07) is 4.82. The zero-order valence-electron chi connectivity index (χ0n) is 8.54. The molecule has 2 aromatic rings. The summed E-state index contributed by atoms with van der Waals surface area (Å²) in [4.78, 5) is 4.30. The lowest BCUT2D eigenvalue weighted by molar-refractivity contribution is 0.182. The normalized spacial score (nSPS) is 10.7. The van der Waals surface area contributed by atoms with Crippen LogP contribution in [0, 0.1) is 5.82 Å². The maximum atomic E-state index is 13.6. The van der Waals surface area contributed by atoms with Crippen molar-refractivity contribution < 1.29 is 9.13 Å². The molecule has 0 aliphatic rings. The summed E-state index contributed by atoms with van der Waals surface area (Å²) in [5, 5.41) is 2.55. The van der Waals surface area contributed by atoms with E-state index in [4.69, 9.17) is 4.74 Å². The molecule has 0 fully saturated rings. The summed E-state index contributed by atoms with van der Waals surface area (Å²) >= 11 is 4.73. The first-order valence-electron chi connectivity index (χ1n) is 4.59. The van der Waals surface area contributed by atoms with Gasteiger partial charge in [0.15, 0.2) is 0 Å². The molecule has 2 rings (SSSR count). The first kappa shape index (κ1) is 11.7. The van der Waals surface area contributed by atoms with Crippen LogP contribution < -0.4 is 0 Å². The van der Waals surface area contributed by atoms with Gasteiger partial charge in [-0.2, -0.15) is 0 Å². The van der Waals surface area contributed by atoms with E-state index in [2.05, 4.69) is 20.9 Å². The van der Waals surface area contributed by atoms with Gasteiger partial charge in [-0.05, 0) is 18.2 Å². The predicted octanol–water partition coefficient (Wildman–Crippen LogP) is 3.86. The SMILES string of the molecule is COCc1csc(-c2cc(Br)ccc2F)n1. The minimum absolute atomic E-state index is 0.262. The molecular weight excluding hydrogens is 293 g/mol. The van der Waals surface area contributed by atoms with Crippen molar-refractivity contribution in [3.63, 3.8) is 0 Å². The monoisotopic (exact) mass is 301 g/mol. The molecule has 5 heteroatoms. The summed E-state index contributed by atoms with van der Waals surface area (Å²) in [5.41, 5.74) is 1.34. The third kappa shape index (κ3) is 2.48. The van der Waals surface area contributed by atoms with Gasteiger partial charge in [0.2, 0.25) is 0 Å². The van der Waals surface area contributed by atoms with Crippen LogP contribution >= 0.6 is 27.3 Å². The molecule has 0 bridgehead atoms. The Morgan fingerprint density at radius 3 is 3.06 bits per heavy atom. The van der Waals surface area contributed by atoms with Crippen LogP contribution in [0.4, 0.5) is 4.39 Å². The van der Waals surface area contributed by atoms with Gasteiger partial charge in [0, 0.05) is 22.5 Å². The molecule has 0 aliphatic heterocycles. The Hall–Kier alpha value is -0.780. The molecule has 0 aliphatic carbocycles. The number of hydrogen-bond acceptors (Lipinski definition) is 3. The van der Waals surface area contributed by atoms with Gasteiger partial charge in [-0.25, -0.2) is 9.37 Å². The minimum Gasteiger partial charge on any atom is -0.378 e. The molecule has 0 saturated carbocycles. The van der Waals surface area contributed by atoms with Crippen molar-refractivity contribution in [3.8, 4) is 10.6 Å². The summed E-state index contributed by atoms with van der Waals surface area (Å²) < 4.78 is 19.4. The number of halogens is 2.